The lowest BCUT2D eigenvalue weighted by Crippen LogP contribution is -2.02. The normalized spacial score (nSPS) is 10.8. The maximum absolute atomic E-state index is 12.4. The van der Waals surface area contributed by atoms with Crippen molar-refractivity contribution in [2.45, 2.75) is 6.43 Å². The number of hydrogen-bond donors (Lipinski definition) is 1. The molecule has 0 aliphatic carbocycles. The zero-order valence-electron chi connectivity index (χ0n) is 5.69. The van der Waals surface area contributed by atoms with Crippen molar-refractivity contribution in [3.8, 4) is 0 Å². The second kappa shape index (κ2) is 2.96. The average Bonchev–Trinajstić information content (AvgIpc) is 1.96. The number of rotatable bonds is 1. The highest BCUT2D eigenvalue weighted by Crippen LogP contribution is 2.26. The quantitative estimate of drug-likeness (QED) is 0.529. The number of pyridine rings is 1. The highest BCUT2D eigenvalue weighted by Gasteiger charge is 2.16. The summed E-state index contributed by atoms with van der Waals surface area (Å²) in [6.07, 6.45) is -3.00. The Labute approximate surface area is 65.0 Å². The van der Waals surface area contributed by atoms with Crippen LogP contribution in [0.25, 0.3) is 0 Å². The number of nitrogen functional groups attached to an aromatic ring is 1. The van der Waals surface area contributed by atoms with Crippen LogP contribution in [-0.4, -0.2) is 4.98 Å². The van der Waals surface area contributed by atoms with E-state index in [0.717, 1.165) is 0 Å². The number of alkyl halides is 2. The molecule has 12 heavy (non-hydrogen) atoms. The van der Waals surface area contributed by atoms with Gasteiger partial charge in [0.1, 0.15) is 0 Å². The summed E-state index contributed by atoms with van der Waals surface area (Å²) in [6.45, 7) is 0. The molecule has 0 saturated carbocycles. The molecule has 6 heteroatoms. The lowest BCUT2D eigenvalue weighted by atomic mass is 10.2. The molecule has 0 fully saturated rings. The molecule has 0 bridgehead atoms. The van der Waals surface area contributed by atoms with E-state index in [2.05, 4.69) is 4.98 Å². The fraction of sp³-hybridized carbons (Fsp3) is 0.167. The third-order valence-electron chi connectivity index (χ3n) is 1.25. The molecule has 66 valence electrons. The van der Waals surface area contributed by atoms with Crippen molar-refractivity contribution in [2.75, 3.05) is 5.73 Å². The second-order valence-electron chi connectivity index (χ2n) is 2.04. The van der Waals surface area contributed by atoms with Crippen molar-refractivity contribution in [3.05, 3.63) is 23.5 Å². The Morgan fingerprint density at radius 2 is 1.92 bits per heavy atom. The van der Waals surface area contributed by atoms with Gasteiger partial charge >= 0.3 is 0 Å². The first kappa shape index (κ1) is 8.76. The van der Waals surface area contributed by atoms with Crippen LogP contribution in [0, 0.1) is 11.9 Å². The van der Waals surface area contributed by atoms with E-state index >= 15 is 0 Å². The molecule has 1 rings (SSSR count). The predicted molar refractivity (Wildman–Crippen MR) is 33.5 cm³/mol. The molecule has 2 N–H and O–H groups in total. The summed E-state index contributed by atoms with van der Waals surface area (Å²) in [7, 11) is 0. The summed E-state index contributed by atoms with van der Waals surface area (Å²) in [6, 6.07) is 0.406. The van der Waals surface area contributed by atoms with Crippen LogP contribution in [0.2, 0.25) is 0 Å². The van der Waals surface area contributed by atoms with E-state index in [1.807, 2.05) is 0 Å². The van der Waals surface area contributed by atoms with Crippen molar-refractivity contribution in [1.82, 2.24) is 4.98 Å². The summed E-state index contributed by atoms with van der Waals surface area (Å²) in [5.41, 5.74) is 3.18. The summed E-state index contributed by atoms with van der Waals surface area (Å²) < 4.78 is 48.5. The van der Waals surface area contributed by atoms with E-state index in [4.69, 9.17) is 5.73 Å². The molecular weight excluding hydrogens is 176 g/mol. The van der Waals surface area contributed by atoms with Crippen molar-refractivity contribution < 1.29 is 17.6 Å². The number of aromatic nitrogens is 1. The fourth-order valence-corrected chi connectivity index (χ4v) is 0.692. The molecule has 1 heterocycles. The fourth-order valence-electron chi connectivity index (χ4n) is 0.692. The van der Waals surface area contributed by atoms with E-state index in [1.165, 1.54) is 0 Å². The molecule has 0 spiro atoms. The van der Waals surface area contributed by atoms with E-state index in [-0.39, 0.29) is 0 Å². The summed E-state index contributed by atoms with van der Waals surface area (Å²) in [5.74, 6) is -2.72. The van der Waals surface area contributed by atoms with Gasteiger partial charge < -0.3 is 5.73 Å². The van der Waals surface area contributed by atoms with Crippen LogP contribution in [0.4, 0.5) is 23.2 Å². The average molecular weight is 180 g/mol. The lowest BCUT2D eigenvalue weighted by molar-refractivity contribution is 0.151. The van der Waals surface area contributed by atoms with Gasteiger partial charge in [-0.15, -0.1) is 0 Å². The minimum Gasteiger partial charge on any atom is -0.395 e. The van der Waals surface area contributed by atoms with Crippen LogP contribution < -0.4 is 5.73 Å². The van der Waals surface area contributed by atoms with Crippen molar-refractivity contribution in [1.29, 1.82) is 0 Å². The zero-order chi connectivity index (χ0) is 9.30. The summed E-state index contributed by atoms with van der Waals surface area (Å²) in [5, 5.41) is 0. The maximum atomic E-state index is 12.4. The maximum Gasteiger partial charge on any atom is 0.266 e. The van der Waals surface area contributed by atoms with Crippen molar-refractivity contribution in [3.63, 3.8) is 0 Å². The number of halogens is 4. The monoisotopic (exact) mass is 180 g/mol. The van der Waals surface area contributed by atoms with Crippen LogP contribution in [0.5, 0.6) is 0 Å². The standard InChI is InChI=1S/C6H4F4N2/c7-3-1-2(5(8)9)4(11)6(10)12-3/h1,5H,11H2. The SMILES string of the molecule is Nc1c(C(F)F)cc(F)nc1F. The third kappa shape index (κ3) is 1.46. The molecule has 1 aromatic rings. The van der Waals surface area contributed by atoms with Gasteiger partial charge in [-0.1, -0.05) is 0 Å². The molecule has 0 unspecified atom stereocenters. The van der Waals surface area contributed by atoms with Crippen LogP contribution in [0.1, 0.15) is 12.0 Å². The van der Waals surface area contributed by atoms with Gasteiger partial charge in [0, 0.05) is 11.6 Å². The molecule has 0 aromatic carbocycles. The molecule has 0 saturated heterocycles. The predicted octanol–water partition coefficient (Wildman–Crippen LogP) is 1.88. The lowest BCUT2D eigenvalue weighted by Gasteiger charge is -2.03. The van der Waals surface area contributed by atoms with Gasteiger partial charge in [0.05, 0.1) is 5.69 Å². The molecule has 2 nitrogen and oxygen atoms in total. The Kier molecular flexibility index (Phi) is 2.16. The van der Waals surface area contributed by atoms with Gasteiger partial charge in [-0.2, -0.15) is 13.8 Å². The van der Waals surface area contributed by atoms with E-state index in [1.54, 1.807) is 0 Å². The molecular formula is C6H4F4N2. The minimum atomic E-state index is -3.00. The molecule has 0 aliphatic rings. The van der Waals surface area contributed by atoms with E-state index in [9.17, 15) is 17.6 Å². The summed E-state index contributed by atoms with van der Waals surface area (Å²) in [4.78, 5) is 2.62. The Balaban J connectivity index is 3.28. The first-order chi connectivity index (χ1) is 5.52. The number of hydrogen-bond acceptors (Lipinski definition) is 2. The Hall–Kier alpha value is -1.33. The highest BCUT2D eigenvalue weighted by molar-refractivity contribution is 5.45. The Morgan fingerprint density at radius 1 is 1.33 bits per heavy atom. The van der Waals surface area contributed by atoms with Crippen LogP contribution in [0.3, 0.4) is 0 Å². The first-order valence-corrected chi connectivity index (χ1v) is 2.92. The number of nitrogens with zero attached hydrogens (tertiary/aromatic N) is 1. The number of anilines is 1. The van der Waals surface area contributed by atoms with Gasteiger partial charge in [0.2, 0.25) is 11.9 Å². The highest BCUT2D eigenvalue weighted by atomic mass is 19.3. The third-order valence-corrected chi connectivity index (χ3v) is 1.25. The van der Waals surface area contributed by atoms with Gasteiger partial charge in [-0.3, -0.25) is 0 Å². The van der Waals surface area contributed by atoms with Crippen LogP contribution in [0.15, 0.2) is 6.07 Å². The van der Waals surface area contributed by atoms with Crippen LogP contribution >= 0.6 is 0 Å². The van der Waals surface area contributed by atoms with Crippen molar-refractivity contribution >= 4 is 5.69 Å². The first-order valence-electron chi connectivity index (χ1n) is 2.92. The molecule has 0 atom stereocenters. The Bertz CT molecular complexity index is 300. The zero-order valence-corrected chi connectivity index (χ0v) is 5.69. The Morgan fingerprint density at radius 3 is 2.42 bits per heavy atom. The number of nitrogens with two attached hydrogens (primary N) is 1. The van der Waals surface area contributed by atoms with Gasteiger partial charge in [0.15, 0.2) is 0 Å². The second-order valence-corrected chi connectivity index (χ2v) is 2.04. The molecule has 0 aliphatic heterocycles. The smallest absolute Gasteiger partial charge is 0.266 e. The van der Waals surface area contributed by atoms with Gasteiger partial charge in [-0.25, -0.2) is 8.78 Å². The molecule has 0 radical (unpaired) electrons. The van der Waals surface area contributed by atoms with Crippen molar-refractivity contribution in [2.24, 2.45) is 0 Å². The largest absolute Gasteiger partial charge is 0.395 e. The molecule has 1 aromatic heterocycles. The summed E-state index contributed by atoms with van der Waals surface area (Å²) >= 11 is 0. The van der Waals surface area contributed by atoms with Gasteiger partial charge in [-0.05, 0) is 0 Å². The van der Waals surface area contributed by atoms with Gasteiger partial charge in [0.25, 0.3) is 6.43 Å². The minimum absolute atomic E-state index is 0.406. The van der Waals surface area contributed by atoms with E-state index in [0.29, 0.717) is 6.07 Å². The van der Waals surface area contributed by atoms with Crippen LogP contribution in [-0.2, 0) is 0 Å². The molecule has 0 amide bonds. The van der Waals surface area contributed by atoms with E-state index < -0.39 is 29.6 Å². The topological polar surface area (TPSA) is 38.9 Å².